The standard InChI is InChI=1S/C15H20O4/c1-8-10-6-11-9(2)12(19-17)4-5-15(11,3)7-13(10)18-14(8)16/h10,12-13,17H,1,4-7H2,2-3H3. The number of fused-ring (bicyclic) bond motifs is 2. The van der Waals surface area contributed by atoms with Crippen LogP contribution in [0.5, 0.6) is 0 Å². The maximum atomic E-state index is 11.6. The summed E-state index contributed by atoms with van der Waals surface area (Å²) in [7, 11) is 0. The van der Waals surface area contributed by atoms with E-state index in [9.17, 15) is 4.79 Å². The fourth-order valence-corrected chi connectivity index (χ4v) is 4.03. The molecule has 2 fully saturated rings. The van der Waals surface area contributed by atoms with E-state index in [0.717, 1.165) is 31.3 Å². The highest BCUT2D eigenvalue weighted by Gasteiger charge is 2.51. The lowest BCUT2D eigenvalue weighted by Gasteiger charge is -2.46. The van der Waals surface area contributed by atoms with E-state index in [1.807, 2.05) is 6.92 Å². The lowest BCUT2D eigenvalue weighted by Crippen LogP contribution is -2.40. The zero-order valence-electron chi connectivity index (χ0n) is 11.4. The van der Waals surface area contributed by atoms with Crippen molar-refractivity contribution in [3.8, 4) is 0 Å². The molecule has 19 heavy (non-hydrogen) atoms. The third kappa shape index (κ3) is 1.77. The Morgan fingerprint density at radius 3 is 2.95 bits per heavy atom. The summed E-state index contributed by atoms with van der Waals surface area (Å²) in [5, 5.41) is 8.99. The number of rotatable bonds is 1. The summed E-state index contributed by atoms with van der Waals surface area (Å²) in [6, 6.07) is 0. The molecule has 104 valence electrons. The van der Waals surface area contributed by atoms with E-state index in [1.165, 1.54) is 5.57 Å². The van der Waals surface area contributed by atoms with Crippen molar-refractivity contribution >= 4 is 5.97 Å². The number of hydrogen-bond acceptors (Lipinski definition) is 4. The monoisotopic (exact) mass is 264 g/mol. The molecule has 0 aromatic rings. The van der Waals surface area contributed by atoms with E-state index in [2.05, 4.69) is 18.4 Å². The number of hydrogen-bond donors (Lipinski definition) is 1. The van der Waals surface area contributed by atoms with Crippen LogP contribution >= 0.6 is 0 Å². The van der Waals surface area contributed by atoms with E-state index in [0.29, 0.717) is 5.57 Å². The second-order valence-corrected chi connectivity index (χ2v) is 6.34. The Labute approximate surface area is 113 Å². The van der Waals surface area contributed by atoms with E-state index in [1.54, 1.807) is 0 Å². The van der Waals surface area contributed by atoms with Gasteiger partial charge in [0, 0.05) is 11.5 Å². The molecule has 3 rings (SSSR count). The largest absolute Gasteiger partial charge is 0.458 e. The molecular formula is C15H20O4. The molecular weight excluding hydrogens is 244 g/mol. The number of carbonyl (C=O) groups excluding carboxylic acids is 1. The molecule has 0 amide bonds. The Morgan fingerprint density at radius 2 is 2.26 bits per heavy atom. The van der Waals surface area contributed by atoms with Gasteiger partial charge in [0.25, 0.3) is 0 Å². The summed E-state index contributed by atoms with van der Waals surface area (Å²) in [6.45, 7) is 8.12. The quantitative estimate of drug-likeness (QED) is 0.260. The Hall–Kier alpha value is -1.13. The molecule has 0 aromatic heterocycles. The smallest absolute Gasteiger partial charge is 0.334 e. The van der Waals surface area contributed by atoms with Crippen molar-refractivity contribution in [3.63, 3.8) is 0 Å². The van der Waals surface area contributed by atoms with Gasteiger partial charge in [-0.15, -0.1) is 0 Å². The van der Waals surface area contributed by atoms with Crippen LogP contribution in [0.1, 0.15) is 39.5 Å². The maximum absolute atomic E-state index is 11.6. The second kappa shape index (κ2) is 4.18. The summed E-state index contributed by atoms with van der Waals surface area (Å²) in [5.41, 5.74) is 3.09. The summed E-state index contributed by atoms with van der Waals surface area (Å²) >= 11 is 0. The molecule has 4 unspecified atom stereocenters. The van der Waals surface area contributed by atoms with Gasteiger partial charge in [0.2, 0.25) is 0 Å². The lowest BCUT2D eigenvalue weighted by molar-refractivity contribution is -0.272. The molecule has 3 aliphatic rings. The highest BCUT2D eigenvalue weighted by Crippen LogP contribution is 2.54. The van der Waals surface area contributed by atoms with Gasteiger partial charge in [0.15, 0.2) is 0 Å². The minimum atomic E-state index is -0.245. The van der Waals surface area contributed by atoms with Crippen molar-refractivity contribution < 1.29 is 19.7 Å². The van der Waals surface area contributed by atoms with Gasteiger partial charge in [-0.25, -0.2) is 9.68 Å². The van der Waals surface area contributed by atoms with Crippen LogP contribution in [-0.4, -0.2) is 23.4 Å². The molecule has 0 radical (unpaired) electrons. The predicted molar refractivity (Wildman–Crippen MR) is 69.3 cm³/mol. The molecule has 4 atom stereocenters. The Bertz CT molecular complexity index is 479. The molecule has 4 heteroatoms. The average Bonchev–Trinajstić information content (AvgIpc) is 2.63. The van der Waals surface area contributed by atoms with Crippen molar-refractivity contribution in [1.29, 1.82) is 0 Å². The van der Waals surface area contributed by atoms with Crippen molar-refractivity contribution in [2.24, 2.45) is 11.3 Å². The van der Waals surface area contributed by atoms with Gasteiger partial charge in [-0.1, -0.05) is 19.1 Å². The van der Waals surface area contributed by atoms with Gasteiger partial charge in [0.1, 0.15) is 12.2 Å². The lowest BCUT2D eigenvalue weighted by atomic mass is 9.60. The van der Waals surface area contributed by atoms with Crippen molar-refractivity contribution in [2.45, 2.75) is 51.7 Å². The van der Waals surface area contributed by atoms with Crippen molar-refractivity contribution in [2.75, 3.05) is 0 Å². The van der Waals surface area contributed by atoms with Crippen molar-refractivity contribution in [3.05, 3.63) is 23.3 Å². The van der Waals surface area contributed by atoms with Crippen molar-refractivity contribution in [1.82, 2.24) is 0 Å². The fourth-order valence-electron chi connectivity index (χ4n) is 4.03. The molecule has 1 saturated carbocycles. The van der Waals surface area contributed by atoms with Gasteiger partial charge >= 0.3 is 5.97 Å². The van der Waals surface area contributed by atoms with E-state index in [-0.39, 0.29) is 29.5 Å². The molecule has 0 aromatic carbocycles. The molecule has 1 saturated heterocycles. The SMILES string of the molecule is C=C1C(=O)OC2CC3(C)CCC(OO)C(C)=C3CC12. The highest BCUT2D eigenvalue weighted by atomic mass is 17.1. The third-order valence-electron chi connectivity index (χ3n) is 5.27. The Morgan fingerprint density at radius 1 is 1.53 bits per heavy atom. The van der Waals surface area contributed by atoms with Crippen LogP contribution in [0, 0.1) is 11.3 Å². The molecule has 1 aliphatic heterocycles. The first-order valence-electron chi connectivity index (χ1n) is 6.86. The third-order valence-corrected chi connectivity index (χ3v) is 5.27. The fraction of sp³-hybridized carbons (Fsp3) is 0.667. The average molecular weight is 264 g/mol. The van der Waals surface area contributed by atoms with Crippen LogP contribution in [0.4, 0.5) is 0 Å². The van der Waals surface area contributed by atoms with Crippen LogP contribution in [0.3, 0.4) is 0 Å². The van der Waals surface area contributed by atoms with Crippen LogP contribution in [-0.2, 0) is 14.4 Å². The van der Waals surface area contributed by atoms with Crippen LogP contribution in [0.15, 0.2) is 23.3 Å². The molecule has 0 bridgehead atoms. The minimum absolute atomic E-state index is 0.0202. The van der Waals surface area contributed by atoms with E-state index < -0.39 is 0 Å². The topological polar surface area (TPSA) is 55.8 Å². The normalized spacial score (nSPS) is 41.9. The minimum Gasteiger partial charge on any atom is -0.458 e. The number of allylic oxidation sites excluding steroid dienone is 1. The first kappa shape index (κ1) is 12.9. The molecule has 4 nitrogen and oxygen atoms in total. The summed E-state index contributed by atoms with van der Waals surface area (Å²) in [5.74, 6) is -0.145. The first-order chi connectivity index (χ1) is 8.96. The molecule has 1 N–H and O–H groups in total. The Kier molecular flexibility index (Phi) is 2.84. The van der Waals surface area contributed by atoms with Gasteiger partial charge in [0.05, 0.1) is 0 Å². The second-order valence-electron chi connectivity index (χ2n) is 6.34. The van der Waals surface area contributed by atoms with E-state index >= 15 is 0 Å². The summed E-state index contributed by atoms with van der Waals surface area (Å²) < 4.78 is 5.44. The maximum Gasteiger partial charge on any atom is 0.334 e. The van der Waals surface area contributed by atoms with Crippen LogP contribution < -0.4 is 0 Å². The Balaban J connectivity index is 1.98. The van der Waals surface area contributed by atoms with Gasteiger partial charge in [-0.05, 0) is 43.6 Å². The van der Waals surface area contributed by atoms with Gasteiger partial charge in [-0.3, -0.25) is 5.26 Å². The van der Waals surface area contributed by atoms with Gasteiger partial charge < -0.3 is 4.74 Å². The molecule has 0 spiro atoms. The zero-order valence-corrected chi connectivity index (χ0v) is 11.4. The number of carbonyl (C=O) groups is 1. The van der Waals surface area contributed by atoms with E-state index in [4.69, 9.17) is 9.99 Å². The first-order valence-corrected chi connectivity index (χ1v) is 6.86. The number of esters is 1. The van der Waals surface area contributed by atoms with Crippen LogP contribution in [0.25, 0.3) is 0 Å². The molecule has 2 aliphatic carbocycles. The summed E-state index contributed by atoms with van der Waals surface area (Å²) in [4.78, 5) is 16.2. The number of ether oxygens (including phenoxy) is 1. The van der Waals surface area contributed by atoms with Gasteiger partial charge in [-0.2, -0.15) is 0 Å². The molecule has 1 heterocycles. The predicted octanol–water partition coefficient (Wildman–Crippen LogP) is 2.85. The van der Waals surface area contributed by atoms with Crippen LogP contribution in [0.2, 0.25) is 0 Å². The summed E-state index contributed by atoms with van der Waals surface area (Å²) in [6.07, 6.45) is 3.20. The highest BCUT2D eigenvalue weighted by molar-refractivity contribution is 5.91. The zero-order chi connectivity index (χ0) is 13.8.